The minimum absolute atomic E-state index is 0.322. The summed E-state index contributed by atoms with van der Waals surface area (Å²) in [7, 11) is 0. The second-order valence-electron chi connectivity index (χ2n) is 6.18. The third-order valence-electron chi connectivity index (χ3n) is 4.59. The molecule has 0 amide bonds. The molecule has 2 nitrogen and oxygen atoms in total. The highest BCUT2D eigenvalue weighted by Crippen LogP contribution is 2.31. The number of hydrogen-bond donors (Lipinski definition) is 0. The second kappa shape index (κ2) is 6.36. The fourth-order valence-electron chi connectivity index (χ4n) is 3.57. The number of piperidine rings is 1. The van der Waals surface area contributed by atoms with Crippen LogP contribution in [0.25, 0.3) is 0 Å². The molecule has 0 aromatic heterocycles. The van der Waals surface area contributed by atoms with Crippen molar-refractivity contribution in [2.24, 2.45) is 0 Å². The fraction of sp³-hybridized carbons (Fsp3) is 0.647. The van der Waals surface area contributed by atoms with Crippen molar-refractivity contribution in [1.82, 2.24) is 4.90 Å². The summed E-state index contributed by atoms with van der Waals surface area (Å²) in [5.74, 6) is 1.86. The number of fused-ring (bicyclic) bond motifs is 1. The molecule has 3 heteroatoms. The van der Waals surface area contributed by atoms with Crippen molar-refractivity contribution in [2.75, 3.05) is 19.0 Å². The van der Waals surface area contributed by atoms with Gasteiger partial charge in [-0.1, -0.05) is 24.1 Å². The molecule has 0 bridgehead atoms. The molecule has 2 unspecified atom stereocenters. The summed E-state index contributed by atoms with van der Waals surface area (Å²) >= 11 is 5.95. The van der Waals surface area contributed by atoms with Gasteiger partial charge < -0.3 is 4.74 Å². The Hall–Kier alpha value is -0.730. The van der Waals surface area contributed by atoms with Crippen LogP contribution in [0.1, 0.15) is 36.8 Å². The van der Waals surface area contributed by atoms with Crippen LogP contribution in [0.15, 0.2) is 18.2 Å². The van der Waals surface area contributed by atoms with E-state index in [4.69, 9.17) is 16.3 Å². The van der Waals surface area contributed by atoms with Crippen LogP contribution in [-0.4, -0.2) is 36.0 Å². The fourth-order valence-corrected chi connectivity index (χ4v) is 3.82. The van der Waals surface area contributed by atoms with Gasteiger partial charge in [0, 0.05) is 24.9 Å². The minimum Gasteiger partial charge on any atom is -0.488 e. The van der Waals surface area contributed by atoms with E-state index in [0.717, 1.165) is 31.0 Å². The summed E-state index contributed by atoms with van der Waals surface area (Å²) in [6.45, 7) is 4.40. The van der Waals surface area contributed by atoms with Crippen LogP contribution in [0, 0.1) is 6.92 Å². The van der Waals surface area contributed by atoms with Crippen molar-refractivity contribution in [1.29, 1.82) is 0 Å². The Bertz CT molecular complexity index is 460. The Balaban J connectivity index is 1.61. The van der Waals surface area contributed by atoms with E-state index in [2.05, 4.69) is 30.0 Å². The lowest BCUT2D eigenvalue weighted by atomic mass is 9.99. The van der Waals surface area contributed by atoms with E-state index >= 15 is 0 Å². The first-order chi connectivity index (χ1) is 9.76. The number of hydrogen-bond acceptors (Lipinski definition) is 2. The maximum atomic E-state index is 6.12. The topological polar surface area (TPSA) is 12.5 Å². The van der Waals surface area contributed by atoms with Crippen LogP contribution in [0.5, 0.6) is 5.75 Å². The predicted octanol–water partition coefficient (Wildman–Crippen LogP) is 3.78. The molecule has 3 rings (SSSR count). The highest BCUT2D eigenvalue weighted by molar-refractivity contribution is 6.17. The first-order valence-corrected chi connectivity index (χ1v) is 8.36. The van der Waals surface area contributed by atoms with E-state index in [-0.39, 0.29) is 0 Å². The Morgan fingerprint density at radius 1 is 1.35 bits per heavy atom. The summed E-state index contributed by atoms with van der Waals surface area (Å²) in [6.07, 6.45) is 6.45. The molecule has 1 saturated heterocycles. The van der Waals surface area contributed by atoms with Crippen molar-refractivity contribution in [3.63, 3.8) is 0 Å². The van der Waals surface area contributed by atoms with Gasteiger partial charge in [0.1, 0.15) is 11.9 Å². The summed E-state index contributed by atoms with van der Waals surface area (Å²) in [5, 5.41) is 0. The molecule has 2 aliphatic heterocycles. The number of likely N-dealkylation sites (tertiary alicyclic amines) is 1. The number of rotatable bonds is 4. The van der Waals surface area contributed by atoms with Crippen LogP contribution in [0.2, 0.25) is 0 Å². The maximum absolute atomic E-state index is 6.12. The first-order valence-electron chi connectivity index (χ1n) is 7.82. The van der Waals surface area contributed by atoms with Gasteiger partial charge in [0.05, 0.1) is 0 Å². The lowest BCUT2D eigenvalue weighted by Gasteiger charge is -2.36. The summed E-state index contributed by atoms with van der Waals surface area (Å²) < 4.78 is 6.12. The van der Waals surface area contributed by atoms with Gasteiger partial charge in [-0.3, -0.25) is 4.90 Å². The van der Waals surface area contributed by atoms with Crippen molar-refractivity contribution in [3.8, 4) is 5.75 Å². The van der Waals surface area contributed by atoms with Gasteiger partial charge in [-0.05, 0) is 44.4 Å². The third kappa shape index (κ3) is 3.12. The van der Waals surface area contributed by atoms with E-state index < -0.39 is 0 Å². The molecule has 0 aliphatic carbocycles. The molecule has 2 aliphatic rings. The number of benzene rings is 1. The summed E-state index contributed by atoms with van der Waals surface area (Å²) in [6, 6.07) is 7.19. The summed E-state index contributed by atoms with van der Waals surface area (Å²) in [5.41, 5.74) is 2.70. The minimum atomic E-state index is 0.322. The Labute approximate surface area is 127 Å². The van der Waals surface area contributed by atoms with Gasteiger partial charge in [0.2, 0.25) is 0 Å². The SMILES string of the molecule is Cc1ccc2c(c1)CC(CN1CCCCC1CCCl)O2. The van der Waals surface area contributed by atoms with Gasteiger partial charge in [-0.25, -0.2) is 0 Å². The molecule has 1 aromatic rings. The zero-order valence-electron chi connectivity index (χ0n) is 12.3. The number of halogens is 1. The van der Waals surface area contributed by atoms with Gasteiger partial charge in [-0.15, -0.1) is 11.6 Å². The quantitative estimate of drug-likeness (QED) is 0.783. The Morgan fingerprint density at radius 3 is 3.10 bits per heavy atom. The first kappa shape index (κ1) is 14.2. The highest BCUT2D eigenvalue weighted by Gasteiger charge is 2.29. The van der Waals surface area contributed by atoms with Crippen LogP contribution in [0.4, 0.5) is 0 Å². The van der Waals surface area contributed by atoms with Crippen LogP contribution < -0.4 is 4.74 Å². The van der Waals surface area contributed by atoms with Crippen molar-refractivity contribution >= 4 is 11.6 Å². The molecule has 110 valence electrons. The number of nitrogens with zero attached hydrogens (tertiary/aromatic N) is 1. The second-order valence-corrected chi connectivity index (χ2v) is 6.56. The third-order valence-corrected chi connectivity index (χ3v) is 4.80. The van der Waals surface area contributed by atoms with Crippen molar-refractivity contribution < 1.29 is 4.74 Å². The lowest BCUT2D eigenvalue weighted by Crippen LogP contribution is -2.45. The Kier molecular flexibility index (Phi) is 4.52. The van der Waals surface area contributed by atoms with E-state index in [1.165, 1.54) is 36.9 Å². The van der Waals surface area contributed by atoms with Crippen molar-refractivity contribution in [3.05, 3.63) is 29.3 Å². The van der Waals surface area contributed by atoms with E-state index in [1.807, 2.05) is 0 Å². The average Bonchev–Trinajstić information content (AvgIpc) is 2.82. The predicted molar refractivity (Wildman–Crippen MR) is 83.8 cm³/mol. The molecule has 20 heavy (non-hydrogen) atoms. The standard InChI is InChI=1S/C17H24ClNO/c1-13-5-6-17-14(10-13)11-16(20-17)12-19-9-3-2-4-15(19)7-8-18/h5-6,10,15-16H,2-4,7-9,11-12H2,1H3. The smallest absolute Gasteiger partial charge is 0.123 e. The van der Waals surface area contributed by atoms with Gasteiger partial charge in [0.25, 0.3) is 0 Å². The monoisotopic (exact) mass is 293 g/mol. The van der Waals surface area contributed by atoms with Crippen LogP contribution in [0.3, 0.4) is 0 Å². The number of ether oxygens (including phenoxy) is 1. The molecule has 0 spiro atoms. The summed E-state index contributed by atoms with van der Waals surface area (Å²) in [4.78, 5) is 2.61. The normalized spacial score (nSPS) is 26.3. The lowest BCUT2D eigenvalue weighted by molar-refractivity contribution is 0.0885. The van der Waals surface area contributed by atoms with E-state index in [0.29, 0.717) is 12.1 Å². The molecular formula is C17H24ClNO. The maximum Gasteiger partial charge on any atom is 0.123 e. The molecule has 2 atom stereocenters. The average molecular weight is 294 g/mol. The van der Waals surface area contributed by atoms with E-state index in [1.54, 1.807) is 0 Å². The van der Waals surface area contributed by atoms with Crippen molar-refractivity contribution in [2.45, 2.75) is 51.2 Å². The van der Waals surface area contributed by atoms with Crippen LogP contribution >= 0.6 is 11.6 Å². The molecular weight excluding hydrogens is 270 g/mol. The Morgan fingerprint density at radius 2 is 2.25 bits per heavy atom. The molecule has 1 fully saturated rings. The zero-order chi connectivity index (χ0) is 13.9. The molecule has 0 saturated carbocycles. The molecule has 0 N–H and O–H groups in total. The van der Waals surface area contributed by atoms with E-state index in [9.17, 15) is 0 Å². The largest absolute Gasteiger partial charge is 0.488 e. The molecule has 1 aromatic carbocycles. The number of aryl methyl sites for hydroxylation is 1. The number of alkyl halides is 1. The van der Waals surface area contributed by atoms with Gasteiger partial charge in [-0.2, -0.15) is 0 Å². The van der Waals surface area contributed by atoms with Gasteiger partial charge >= 0.3 is 0 Å². The zero-order valence-corrected chi connectivity index (χ0v) is 13.0. The highest BCUT2D eigenvalue weighted by atomic mass is 35.5. The van der Waals surface area contributed by atoms with Gasteiger partial charge in [0.15, 0.2) is 0 Å². The van der Waals surface area contributed by atoms with Crippen LogP contribution in [-0.2, 0) is 6.42 Å². The molecule has 0 radical (unpaired) electrons. The molecule has 2 heterocycles.